The molecule has 2 aromatic rings. The highest BCUT2D eigenvalue weighted by Crippen LogP contribution is 2.20. The number of hydrogen-bond acceptors (Lipinski definition) is 2. The van der Waals surface area contributed by atoms with Gasteiger partial charge in [0.05, 0.1) is 12.0 Å². The first-order chi connectivity index (χ1) is 9.69. The number of para-hydroxylation sites is 1. The Bertz CT molecular complexity index is 617. The molecule has 0 aliphatic rings. The van der Waals surface area contributed by atoms with Crippen LogP contribution >= 0.6 is 0 Å². The third-order valence-corrected chi connectivity index (χ3v) is 2.88. The van der Waals surface area contributed by atoms with E-state index in [9.17, 15) is 9.18 Å². The van der Waals surface area contributed by atoms with Crippen LogP contribution in [0.1, 0.15) is 17.9 Å². The van der Waals surface area contributed by atoms with E-state index in [0.717, 1.165) is 0 Å². The molecule has 0 saturated heterocycles. The first kappa shape index (κ1) is 13.8. The summed E-state index contributed by atoms with van der Waals surface area (Å²) in [5.74, 6) is -1.19. The number of nitrogens with zero attached hydrogens (tertiary/aromatic N) is 1. The van der Waals surface area contributed by atoms with Crippen LogP contribution in [0.3, 0.4) is 0 Å². The summed E-state index contributed by atoms with van der Waals surface area (Å²) in [5.41, 5.74) is 1.32. The van der Waals surface area contributed by atoms with Gasteiger partial charge in [-0.2, -0.15) is 5.26 Å². The molecule has 1 amide bonds. The first-order valence-electron chi connectivity index (χ1n) is 6.19. The molecule has 0 fully saturated rings. The maximum atomic E-state index is 12.8. The Morgan fingerprint density at radius 1 is 1.15 bits per heavy atom. The lowest BCUT2D eigenvalue weighted by atomic mass is 9.97. The van der Waals surface area contributed by atoms with E-state index in [-0.39, 0.29) is 18.1 Å². The molecule has 3 nitrogen and oxygen atoms in total. The number of amides is 1. The quantitative estimate of drug-likeness (QED) is 0.923. The molecule has 1 atom stereocenters. The van der Waals surface area contributed by atoms with Crippen LogP contribution in [0.15, 0.2) is 54.6 Å². The smallest absolute Gasteiger partial charge is 0.226 e. The van der Waals surface area contributed by atoms with E-state index in [0.29, 0.717) is 11.3 Å². The van der Waals surface area contributed by atoms with Crippen molar-refractivity contribution in [3.8, 4) is 6.07 Å². The minimum Gasteiger partial charge on any atom is -0.326 e. The van der Waals surface area contributed by atoms with Crippen molar-refractivity contribution in [3.05, 3.63) is 66.0 Å². The van der Waals surface area contributed by atoms with E-state index in [4.69, 9.17) is 5.26 Å². The van der Waals surface area contributed by atoms with Gasteiger partial charge in [0.1, 0.15) is 5.82 Å². The molecule has 1 N–H and O–H groups in total. The maximum absolute atomic E-state index is 12.8. The fraction of sp³-hybridized carbons (Fsp3) is 0.125. The number of carbonyl (C=O) groups is 1. The third kappa shape index (κ3) is 3.66. The third-order valence-electron chi connectivity index (χ3n) is 2.88. The standard InChI is InChI=1S/C16H13FN2O/c17-14-8-6-12(7-9-14)13(11-18)10-16(20)19-15-4-2-1-3-5-15/h1-9,13H,10H2,(H,19,20). The van der Waals surface area contributed by atoms with Crippen LogP contribution in [0.4, 0.5) is 10.1 Å². The molecule has 20 heavy (non-hydrogen) atoms. The molecular weight excluding hydrogens is 255 g/mol. The van der Waals surface area contributed by atoms with Gasteiger partial charge in [0.15, 0.2) is 0 Å². The van der Waals surface area contributed by atoms with Crippen LogP contribution in [-0.4, -0.2) is 5.91 Å². The van der Waals surface area contributed by atoms with Gasteiger partial charge in [-0.25, -0.2) is 4.39 Å². The summed E-state index contributed by atoms with van der Waals surface area (Å²) in [7, 11) is 0. The number of nitrogens with one attached hydrogen (secondary N) is 1. The van der Waals surface area contributed by atoms with E-state index in [1.165, 1.54) is 24.3 Å². The van der Waals surface area contributed by atoms with Gasteiger partial charge in [0.25, 0.3) is 0 Å². The predicted octanol–water partition coefficient (Wildman–Crippen LogP) is 3.46. The monoisotopic (exact) mass is 268 g/mol. The summed E-state index contributed by atoms with van der Waals surface area (Å²) < 4.78 is 12.8. The summed E-state index contributed by atoms with van der Waals surface area (Å²) in [5, 5.41) is 11.9. The molecule has 1 unspecified atom stereocenters. The average Bonchev–Trinajstić information content (AvgIpc) is 2.47. The number of hydrogen-bond donors (Lipinski definition) is 1. The van der Waals surface area contributed by atoms with Gasteiger partial charge < -0.3 is 5.32 Å². The van der Waals surface area contributed by atoms with Gasteiger partial charge in [0, 0.05) is 12.1 Å². The van der Waals surface area contributed by atoms with Crippen molar-refractivity contribution in [3.63, 3.8) is 0 Å². The SMILES string of the molecule is N#CC(CC(=O)Nc1ccccc1)c1ccc(F)cc1. The zero-order chi connectivity index (χ0) is 14.4. The van der Waals surface area contributed by atoms with Gasteiger partial charge in [-0.1, -0.05) is 30.3 Å². The van der Waals surface area contributed by atoms with E-state index >= 15 is 0 Å². The fourth-order valence-corrected chi connectivity index (χ4v) is 1.85. The Kier molecular flexibility index (Phi) is 4.46. The van der Waals surface area contributed by atoms with Crippen LogP contribution < -0.4 is 5.32 Å². The molecule has 0 aliphatic heterocycles. The van der Waals surface area contributed by atoms with Crippen molar-refractivity contribution in [1.29, 1.82) is 5.26 Å². The molecule has 2 aromatic carbocycles. The van der Waals surface area contributed by atoms with Crippen molar-refractivity contribution >= 4 is 11.6 Å². The number of carbonyl (C=O) groups excluding carboxylic acids is 1. The minimum absolute atomic E-state index is 0.0387. The van der Waals surface area contributed by atoms with Crippen molar-refractivity contribution in [2.75, 3.05) is 5.32 Å². The molecule has 4 heteroatoms. The predicted molar refractivity (Wildman–Crippen MR) is 74.4 cm³/mol. The zero-order valence-electron chi connectivity index (χ0n) is 10.7. The van der Waals surface area contributed by atoms with Crippen LogP contribution in [0.5, 0.6) is 0 Å². The second-order valence-corrected chi connectivity index (χ2v) is 4.35. The Morgan fingerprint density at radius 2 is 1.80 bits per heavy atom. The molecule has 2 rings (SSSR count). The fourth-order valence-electron chi connectivity index (χ4n) is 1.85. The van der Waals surface area contributed by atoms with E-state index < -0.39 is 5.92 Å². The summed E-state index contributed by atoms with van der Waals surface area (Å²) in [6.07, 6.45) is 0.0387. The summed E-state index contributed by atoms with van der Waals surface area (Å²) in [6.45, 7) is 0. The number of halogens is 1. The highest BCUT2D eigenvalue weighted by atomic mass is 19.1. The molecular formula is C16H13FN2O. The molecule has 0 spiro atoms. The Labute approximate surface area is 116 Å². The molecule has 0 aromatic heterocycles. The number of rotatable bonds is 4. The van der Waals surface area contributed by atoms with Crippen LogP contribution in [-0.2, 0) is 4.79 Å². The number of benzene rings is 2. The lowest BCUT2D eigenvalue weighted by molar-refractivity contribution is -0.116. The lowest BCUT2D eigenvalue weighted by Gasteiger charge is -2.10. The summed E-state index contributed by atoms with van der Waals surface area (Å²) >= 11 is 0. The highest BCUT2D eigenvalue weighted by molar-refractivity contribution is 5.91. The molecule has 0 radical (unpaired) electrons. The van der Waals surface area contributed by atoms with Gasteiger partial charge in [-0.15, -0.1) is 0 Å². The number of nitriles is 1. The zero-order valence-corrected chi connectivity index (χ0v) is 10.7. The van der Waals surface area contributed by atoms with Crippen molar-refractivity contribution in [2.45, 2.75) is 12.3 Å². The van der Waals surface area contributed by atoms with Crippen molar-refractivity contribution < 1.29 is 9.18 Å². The Morgan fingerprint density at radius 3 is 2.40 bits per heavy atom. The molecule has 0 saturated carbocycles. The summed E-state index contributed by atoms with van der Waals surface area (Å²) in [4.78, 5) is 11.9. The normalized spacial score (nSPS) is 11.4. The molecule has 0 bridgehead atoms. The minimum atomic E-state index is -0.584. The van der Waals surface area contributed by atoms with Crippen LogP contribution in [0.25, 0.3) is 0 Å². The molecule has 0 aliphatic carbocycles. The van der Waals surface area contributed by atoms with Gasteiger partial charge in [-0.05, 0) is 29.8 Å². The van der Waals surface area contributed by atoms with Gasteiger partial charge in [0.2, 0.25) is 5.91 Å². The van der Waals surface area contributed by atoms with E-state index in [1.54, 1.807) is 12.1 Å². The largest absolute Gasteiger partial charge is 0.326 e. The first-order valence-corrected chi connectivity index (χ1v) is 6.19. The van der Waals surface area contributed by atoms with E-state index in [1.807, 2.05) is 18.2 Å². The second-order valence-electron chi connectivity index (χ2n) is 4.35. The lowest BCUT2D eigenvalue weighted by Crippen LogP contribution is -2.15. The maximum Gasteiger partial charge on any atom is 0.226 e. The Balaban J connectivity index is 2.02. The molecule has 0 heterocycles. The van der Waals surface area contributed by atoms with E-state index in [2.05, 4.69) is 11.4 Å². The van der Waals surface area contributed by atoms with Crippen molar-refractivity contribution in [2.24, 2.45) is 0 Å². The topological polar surface area (TPSA) is 52.9 Å². The second kappa shape index (κ2) is 6.48. The molecule has 100 valence electrons. The van der Waals surface area contributed by atoms with Gasteiger partial charge in [-0.3, -0.25) is 4.79 Å². The Hall–Kier alpha value is -2.67. The average molecular weight is 268 g/mol. The van der Waals surface area contributed by atoms with Crippen LogP contribution in [0.2, 0.25) is 0 Å². The van der Waals surface area contributed by atoms with Crippen molar-refractivity contribution in [1.82, 2.24) is 0 Å². The van der Waals surface area contributed by atoms with Crippen LogP contribution in [0, 0.1) is 17.1 Å². The summed E-state index contributed by atoms with van der Waals surface area (Å²) in [6, 6.07) is 16.7. The van der Waals surface area contributed by atoms with Gasteiger partial charge >= 0.3 is 0 Å². The number of anilines is 1. The highest BCUT2D eigenvalue weighted by Gasteiger charge is 2.15.